The number of ether oxygens (including phenoxy) is 6. The molecule has 0 aliphatic heterocycles. The van der Waals surface area contributed by atoms with Gasteiger partial charge in [0.15, 0.2) is 13.6 Å². The molecule has 4 rings (SSSR count). The molecule has 0 saturated carbocycles. The lowest BCUT2D eigenvalue weighted by molar-refractivity contribution is 0.0220. The Labute approximate surface area is 379 Å². The Bertz CT molecular complexity index is 1960. The first-order valence-corrected chi connectivity index (χ1v) is 22.7. The molecule has 0 bridgehead atoms. The molecular weight excluding hydrogens is 885 g/mol. The quantitative estimate of drug-likeness (QED) is 0.0500. The van der Waals surface area contributed by atoms with Crippen molar-refractivity contribution < 1.29 is 37.2 Å². The zero-order valence-electron chi connectivity index (χ0n) is 39.6. The highest BCUT2D eigenvalue weighted by molar-refractivity contribution is 14.1. The largest absolute Gasteiger partial charge is 0.493 e. The number of halogens is 3. The van der Waals surface area contributed by atoms with Crippen molar-refractivity contribution in [1.82, 2.24) is 0 Å². The van der Waals surface area contributed by atoms with E-state index in [0.717, 1.165) is 44.2 Å². The third kappa shape index (κ3) is 13.8. The van der Waals surface area contributed by atoms with E-state index in [1.54, 1.807) is 0 Å². The van der Waals surface area contributed by atoms with Crippen LogP contribution >= 0.6 is 22.6 Å². The number of aryl methyl sites for hydroxylation is 3. The minimum atomic E-state index is -0.363. The SMILES string of the molecule is CCOCOc1c(C)cc(C(C)(C)CC(C)(C)C)cc1-c1cc(F)cc(C)c1OCCCOc1c(C)cc(F)cc1-c1cc(C(C)(C)CC(C)(C)C)cc(I)c1OCOCC. The maximum Gasteiger partial charge on any atom is 0.189 e. The first kappa shape index (κ1) is 50.2. The van der Waals surface area contributed by atoms with Gasteiger partial charge in [-0.1, -0.05) is 75.3 Å². The highest BCUT2D eigenvalue weighted by atomic mass is 127. The van der Waals surface area contributed by atoms with Crippen molar-refractivity contribution in [2.45, 2.75) is 134 Å². The van der Waals surface area contributed by atoms with E-state index in [0.29, 0.717) is 64.9 Å². The molecule has 0 unspecified atom stereocenters. The summed E-state index contributed by atoms with van der Waals surface area (Å²) in [5.74, 6) is 1.67. The summed E-state index contributed by atoms with van der Waals surface area (Å²) < 4.78 is 68.5. The predicted octanol–water partition coefficient (Wildman–Crippen LogP) is 14.8. The molecule has 4 aromatic carbocycles. The monoisotopic (exact) mass is 956 g/mol. The summed E-state index contributed by atoms with van der Waals surface area (Å²) >= 11 is 2.31. The lowest BCUT2D eigenvalue weighted by Gasteiger charge is -2.34. The fourth-order valence-electron chi connectivity index (χ4n) is 8.76. The molecule has 61 heavy (non-hydrogen) atoms. The molecule has 0 fully saturated rings. The van der Waals surface area contributed by atoms with Gasteiger partial charge in [0.1, 0.15) is 34.6 Å². The molecular formula is C52H71F2IO6. The Hall–Kier alpha value is -3.41. The zero-order valence-corrected chi connectivity index (χ0v) is 41.7. The van der Waals surface area contributed by atoms with Gasteiger partial charge in [0.25, 0.3) is 0 Å². The second-order valence-corrected chi connectivity index (χ2v) is 21.2. The third-order valence-corrected chi connectivity index (χ3v) is 11.4. The summed E-state index contributed by atoms with van der Waals surface area (Å²) in [4.78, 5) is 0. The van der Waals surface area contributed by atoms with Crippen LogP contribution in [0.3, 0.4) is 0 Å². The topological polar surface area (TPSA) is 55.4 Å². The lowest BCUT2D eigenvalue weighted by atomic mass is 9.71. The van der Waals surface area contributed by atoms with Crippen molar-refractivity contribution in [3.63, 3.8) is 0 Å². The predicted molar refractivity (Wildman–Crippen MR) is 255 cm³/mol. The van der Waals surface area contributed by atoms with Gasteiger partial charge in [0, 0.05) is 41.9 Å². The van der Waals surface area contributed by atoms with E-state index in [1.807, 2.05) is 34.6 Å². The molecule has 0 aliphatic rings. The summed E-state index contributed by atoms with van der Waals surface area (Å²) in [6, 6.07) is 14.6. The number of hydrogen-bond acceptors (Lipinski definition) is 6. The van der Waals surface area contributed by atoms with Crippen molar-refractivity contribution >= 4 is 22.6 Å². The molecule has 6 nitrogen and oxygen atoms in total. The number of rotatable bonds is 20. The molecule has 4 aromatic rings. The maximum atomic E-state index is 15.4. The van der Waals surface area contributed by atoms with Crippen molar-refractivity contribution in [2.24, 2.45) is 10.8 Å². The van der Waals surface area contributed by atoms with Crippen LogP contribution in [0, 0.1) is 46.8 Å². The molecule has 0 aromatic heterocycles. The molecule has 336 valence electrons. The van der Waals surface area contributed by atoms with Crippen LogP contribution in [-0.2, 0) is 20.3 Å². The van der Waals surface area contributed by atoms with Crippen molar-refractivity contribution in [3.05, 3.63) is 91.6 Å². The van der Waals surface area contributed by atoms with Gasteiger partial charge in [-0.3, -0.25) is 0 Å². The van der Waals surface area contributed by atoms with Crippen LogP contribution in [0.25, 0.3) is 22.3 Å². The normalized spacial score (nSPS) is 12.5. The van der Waals surface area contributed by atoms with Crippen LogP contribution in [0.2, 0.25) is 0 Å². The minimum absolute atomic E-state index is 0.0650. The van der Waals surface area contributed by atoms with Crippen molar-refractivity contribution in [1.29, 1.82) is 0 Å². The summed E-state index contributed by atoms with van der Waals surface area (Å²) in [5.41, 5.74) is 7.08. The zero-order chi connectivity index (χ0) is 45.5. The van der Waals surface area contributed by atoms with E-state index < -0.39 is 0 Å². The molecule has 0 spiro atoms. The maximum absolute atomic E-state index is 15.4. The van der Waals surface area contributed by atoms with Crippen LogP contribution < -0.4 is 18.9 Å². The van der Waals surface area contributed by atoms with E-state index >= 15 is 8.78 Å². The molecule has 0 radical (unpaired) electrons. The van der Waals surface area contributed by atoms with Crippen LogP contribution in [0.4, 0.5) is 8.78 Å². The Balaban J connectivity index is 1.70. The third-order valence-electron chi connectivity index (χ3n) is 10.6. The van der Waals surface area contributed by atoms with E-state index in [-0.39, 0.29) is 60.1 Å². The fourth-order valence-corrected chi connectivity index (χ4v) is 9.54. The van der Waals surface area contributed by atoms with Gasteiger partial charge in [-0.15, -0.1) is 0 Å². The summed E-state index contributed by atoms with van der Waals surface area (Å²) in [6.07, 6.45) is 2.39. The van der Waals surface area contributed by atoms with Crippen LogP contribution in [-0.4, -0.2) is 40.0 Å². The van der Waals surface area contributed by atoms with Crippen molar-refractivity contribution in [3.8, 4) is 45.3 Å². The van der Waals surface area contributed by atoms with Gasteiger partial charge in [0.05, 0.1) is 16.8 Å². The molecule has 0 heterocycles. The molecule has 0 N–H and O–H groups in total. The number of benzene rings is 4. The van der Waals surface area contributed by atoms with Gasteiger partial charge in [0.2, 0.25) is 0 Å². The van der Waals surface area contributed by atoms with E-state index in [2.05, 4.69) is 116 Å². The van der Waals surface area contributed by atoms with E-state index in [9.17, 15) is 0 Å². The van der Waals surface area contributed by atoms with E-state index in [1.165, 1.54) is 24.3 Å². The van der Waals surface area contributed by atoms with Gasteiger partial charge in [-0.2, -0.15) is 0 Å². The molecule has 0 atom stereocenters. The lowest BCUT2D eigenvalue weighted by Crippen LogP contribution is -2.25. The Morgan fingerprint density at radius 2 is 0.836 bits per heavy atom. The average molecular weight is 957 g/mol. The van der Waals surface area contributed by atoms with Gasteiger partial charge >= 0.3 is 0 Å². The van der Waals surface area contributed by atoms with E-state index in [4.69, 9.17) is 28.4 Å². The highest BCUT2D eigenvalue weighted by Gasteiger charge is 2.32. The summed E-state index contributed by atoms with van der Waals surface area (Å²) in [6.45, 7) is 33.8. The Morgan fingerprint density at radius 3 is 1.26 bits per heavy atom. The fraction of sp³-hybridized carbons (Fsp3) is 0.538. The molecule has 9 heteroatoms. The van der Waals surface area contributed by atoms with Gasteiger partial charge in [-0.05, 0) is 162 Å². The van der Waals surface area contributed by atoms with Crippen LogP contribution in [0.5, 0.6) is 23.0 Å². The summed E-state index contributed by atoms with van der Waals surface area (Å²) in [7, 11) is 0. The molecule has 0 aliphatic carbocycles. The molecule has 0 saturated heterocycles. The Morgan fingerprint density at radius 1 is 0.475 bits per heavy atom. The van der Waals surface area contributed by atoms with Crippen molar-refractivity contribution in [2.75, 3.05) is 40.0 Å². The summed E-state index contributed by atoms with van der Waals surface area (Å²) in [5, 5.41) is 0. The standard InChI is InChI=1S/C52H71F2IO6/c1-16-56-31-60-47-33(3)21-36(51(12,13)29-49(6,7)8)24-40(47)42-27-38(53)22-34(4)45(42)58-19-18-20-59-46-35(5)23-39(54)28-43(46)41-25-37(52(14,15)30-50(9,10)11)26-44(55)48(41)61-32-57-17-2/h21-28H,16-20,29-32H2,1-15H3. The average Bonchev–Trinajstić information content (AvgIpc) is 3.11. The minimum Gasteiger partial charge on any atom is -0.493 e. The second kappa shape index (κ2) is 20.8. The first-order chi connectivity index (χ1) is 28.4. The van der Waals surface area contributed by atoms with Crippen LogP contribution in [0.1, 0.15) is 130 Å². The first-order valence-electron chi connectivity index (χ1n) is 21.6. The Kier molecular flexibility index (Phi) is 17.2. The number of hydrogen-bond donors (Lipinski definition) is 0. The van der Waals surface area contributed by atoms with Crippen LogP contribution in [0.15, 0.2) is 48.5 Å². The second-order valence-electron chi connectivity index (χ2n) is 20.0. The smallest absolute Gasteiger partial charge is 0.189 e. The van der Waals surface area contributed by atoms with Gasteiger partial charge in [-0.25, -0.2) is 8.78 Å². The highest BCUT2D eigenvalue weighted by Crippen LogP contribution is 2.47. The van der Waals surface area contributed by atoms with Gasteiger partial charge < -0.3 is 28.4 Å². The molecule has 0 amide bonds.